The third-order valence-corrected chi connectivity index (χ3v) is 3.19. The van der Waals surface area contributed by atoms with Crippen molar-refractivity contribution in [3.63, 3.8) is 0 Å². The summed E-state index contributed by atoms with van der Waals surface area (Å²) in [5.41, 5.74) is 1.11. The number of methoxy groups -OCH3 is 1. The van der Waals surface area contributed by atoms with Crippen molar-refractivity contribution in [2.75, 3.05) is 17.7 Å². The van der Waals surface area contributed by atoms with E-state index in [1.165, 1.54) is 7.11 Å². The Morgan fingerprint density at radius 1 is 1.15 bits per heavy atom. The van der Waals surface area contributed by atoms with Gasteiger partial charge in [-0.2, -0.15) is 0 Å². The molecule has 0 saturated heterocycles. The van der Waals surface area contributed by atoms with E-state index >= 15 is 0 Å². The van der Waals surface area contributed by atoms with Crippen molar-refractivity contribution in [2.24, 2.45) is 0 Å². The van der Waals surface area contributed by atoms with Crippen molar-refractivity contribution in [1.82, 2.24) is 0 Å². The Hall–Kier alpha value is -1.85. The lowest BCUT2D eigenvalue weighted by Gasteiger charge is -2.12. The van der Waals surface area contributed by atoms with Crippen molar-refractivity contribution >= 4 is 41.6 Å². The van der Waals surface area contributed by atoms with E-state index in [4.69, 9.17) is 16.3 Å². The van der Waals surface area contributed by atoms with Gasteiger partial charge in [-0.1, -0.05) is 23.7 Å². The van der Waals surface area contributed by atoms with Crippen LogP contribution in [0.1, 0.15) is 0 Å². The number of anilines is 2. The summed E-state index contributed by atoms with van der Waals surface area (Å²) in [6, 6.07) is 11.8. The van der Waals surface area contributed by atoms with Crippen molar-refractivity contribution < 1.29 is 9.53 Å². The van der Waals surface area contributed by atoms with Crippen LogP contribution < -0.4 is 15.4 Å². The standard InChI is InChI=1S/C14H13ClN2O2S/c1-19-12-7-6-9(15)8-11(12)17-14(18)16-10-4-2-3-5-13(10)20/h2-8,20H,1H3,(H2,16,17,18). The normalized spacial score (nSPS) is 9.95. The number of ether oxygens (including phenoxy) is 1. The topological polar surface area (TPSA) is 50.4 Å². The van der Waals surface area contributed by atoms with Gasteiger partial charge in [0, 0.05) is 9.92 Å². The van der Waals surface area contributed by atoms with Crippen LogP contribution in [0.15, 0.2) is 47.4 Å². The fourth-order valence-corrected chi connectivity index (χ4v) is 2.02. The molecule has 20 heavy (non-hydrogen) atoms. The van der Waals surface area contributed by atoms with E-state index in [1.54, 1.807) is 30.3 Å². The number of hydrogen-bond acceptors (Lipinski definition) is 3. The van der Waals surface area contributed by atoms with Crippen molar-refractivity contribution in [3.05, 3.63) is 47.5 Å². The van der Waals surface area contributed by atoms with Crippen LogP contribution in [0.4, 0.5) is 16.2 Å². The Bertz CT molecular complexity index is 634. The lowest BCUT2D eigenvalue weighted by Crippen LogP contribution is -2.20. The second-order valence-electron chi connectivity index (χ2n) is 3.94. The molecule has 6 heteroatoms. The smallest absolute Gasteiger partial charge is 0.323 e. The molecule has 0 bridgehead atoms. The van der Waals surface area contributed by atoms with E-state index in [1.807, 2.05) is 12.1 Å². The summed E-state index contributed by atoms with van der Waals surface area (Å²) in [4.78, 5) is 12.6. The fourth-order valence-electron chi connectivity index (χ4n) is 1.63. The first-order valence-corrected chi connectivity index (χ1v) is 6.62. The summed E-state index contributed by atoms with van der Waals surface area (Å²) in [6.45, 7) is 0. The maximum absolute atomic E-state index is 12.0. The molecule has 0 aliphatic heterocycles. The zero-order chi connectivity index (χ0) is 14.5. The minimum absolute atomic E-state index is 0.396. The first-order valence-electron chi connectivity index (χ1n) is 5.79. The third kappa shape index (κ3) is 3.59. The summed E-state index contributed by atoms with van der Waals surface area (Å²) >= 11 is 10.2. The van der Waals surface area contributed by atoms with Crippen LogP contribution in [0.5, 0.6) is 5.75 Å². The number of urea groups is 1. The second-order valence-corrected chi connectivity index (χ2v) is 4.86. The lowest BCUT2D eigenvalue weighted by atomic mass is 10.3. The lowest BCUT2D eigenvalue weighted by molar-refractivity contribution is 0.262. The quantitative estimate of drug-likeness (QED) is 0.741. The molecule has 2 aromatic carbocycles. The highest BCUT2D eigenvalue weighted by molar-refractivity contribution is 7.80. The number of carbonyl (C=O) groups excluding carboxylic acids is 1. The zero-order valence-electron chi connectivity index (χ0n) is 10.7. The molecule has 104 valence electrons. The van der Waals surface area contributed by atoms with E-state index in [9.17, 15) is 4.79 Å². The second kappa shape index (κ2) is 6.54. The number of nitrogens with one attached hydrogen (secondary N) is 2. The molecule has 0 unspecified atom stereocenters. The van der Waals surface area contributed by atoms with Gasteiger partial charge in [0.05, 0.1) is 18.5 Å². The average molecular weight is 309 g/mol. The van der Waals surface area contributed by atoms with Crippen molar-refractivity contribution in [2.45, 2.75) is 4.90 Å². The maximum atomic E-state index is 12.0. The monoisotopic (exact) mass is 308 g/mol. The largest absolute Gasteiger partial charge is 0.495 e. The Labute approximate surface area is 127 Å². The molecule has 2 N–H and O–H groups in total. The van der Waals surface area contributed by atoms with Crippen molar-refractivity contribution in [1.29, 1.82) is 0 Å². The molecule has 4 nitrogen and oxygen atoms in total. The van der Waals surface area contributed by atoms with E-state index in [0.29, 0.717) is 27.0 Å². The van der Waals surface area contributed by atoms with Crippen LogP contribution in [0.3, 0.4) is 0 Å². The number of hydrogen-bond donors (Lipinski definition) is 3. The van der Waals surface area contributed by atoms with Crippen LogP contribution in [0, 0.1) is 0 Å². The Kier molecular flexibility index (Phi) is 4.76. The Morgan fingerprint density at radius 2 is 1.85 bits per heavy atom. The summed E-state index contributed by atoms with van der Waals surface area (Å²) in [6.07, 6.45) is 0. The van der Waals surface area contributed by atoms with Crippen molar-refractivity contribution in [3.8, 4) is 5.75 Å². The number of halogens is 1. The highest BCUT2D eigenvalue weighted by atomic mass is 35.5. The predicted octanol–water partition coefficient (Wildman–Crippen LogP) is 4.28. The molecule has 2 aromatic rings. The van der Waals surface area contributed by atoms with Gasteiger partial charge in [0.2, 0.25) is 0 Å². The maximum Gasteiger partial charge on any atom is 0.323 e. The molecule has 0 spiro atoms. The molecule has 0 aliphatic carbocycles. The fraction of sp³-hybridized carbons (Fsp3) is 0.0714. The van der Waals surface area contributed by atoms with E-state index in [0.717, 1.165) is 0 Å². The van der Waals surface area contributed by atoms with Gasteiger partial charge in [-0.05, 0) is 30.3 Å². The number of benzene rings is 2. The highest BCUT2D eigenvalue weighted by Gasteiger charge is 2.09. The predicted molar refractivity (Wildman–Crippen MR) is 84.3 cm³/mol. The van der Waals surface area contributed by atoms with Crippen LogP contribution in [-0.2, 0) is 0 Å². The number of thiol groups is 1. The minimum atomic E-state index is -0.396. The molecule has 2 amide bonds. The van der Waals surface area contributed by atoms with Gasteiger partial charge in [0.15, 0.2) is 0 Å². The summed E-state index contributed by atoms with van der Waals surface area (Å²) < 4.78 is 5.16. The van der Waals surface area contributed by atoms with Gasteiger partial charge < -0.3 is 15.4 Å². The molecule has 0 atom stereocenters. The zero-order valence-corrected chi connectivity index (χ0v) is 12.3. The van der Waals surface area contributed by atoms with E-state index < -0.39 is 6.03 Å². The van der Waals surface area contributed by atoms with Gasteiger partial charge in [0.1, 0.15) is 5.75 Å². The Balaban J connectivity index is 2.12. The first kappa shape index (κ1) is 14.6. The number of amides is 2. The SMILES string of the molecule is COc1ccc(Cl)cc1NC(=O)Nc1ccccc1S. The van der Waals surface area contributed by atoms with Gasteiger partial charge >= 0.3 is 6.03 Å². The van der Waals surface area contributed by atoms with E-state index in [-0.39, 0.29) is 0 Å². The molecule has 2 rings (SSSR count). The highest BCUT2D eigenvalue weighted by Crippen LogP contribution is 2.28. The first-order chi connectivity index (χ1) is 9.60. The van der Waals surface area contributed by atoms with Gasteiger partial charge in [0.25, 0.3) is 0 Å². The van der Waals surface area contributed by atoms with Crippen LogP contribution >= 0.6 is 24.2 Å². The summed E-state index contributed by atoms with van der Waals surface area (Å²) in [7, 11) is 1.52. The van der Waals surface area contributed by atoms with Crippen LogP contribution in [0.25, 0.3) is 0 Å². The molecular weight excluding hydrogens is 296 g/mol. The summed E-state index contributed by atoms with van der Waals surface area (Å²) in [5, 5.41) is 5.90. The molecule has 0 saturated carbocycles. The van der Waals surface area contributed by atoms with Crippen LogP contribution in [-0.4, -0.2) is 13.1 Å². The van der Waals surface area contributed by atoms with Gasteiger partial charge in [-0.25, -0.2) is 4.79 Å². The number of carbonyl (C=O) groups is 1. The molecule has 0 aromatic heterocycles. The number of rotatable bonds is 3. The number of para-hydroxylation sites is 1. The van der Waals surface area contributed by atoms with Gasteiger partial charge in [-0.15, -0.1) is 12.6 Å². The minimum Gasteiger partial charge on any atom is -0.495 e. The van der Waals surface area contributed by atoms with Gasteiger partial charge in [-0.3, -0.25) is 0 Å². The molecular formula is C14H13ClN2O2S. The molecule has 0 aliphatic rings. The van der Waals surface area contributed by atoms with E-state index in [2.05, 4.69) is 23.3 Å². The Morgan fingerprint density at radius 3 is 2.55 bits per heavy atom. The average Bonchev–Trinajstić information content (AvgIpc) is 2.41. The van der Waals surface area contributed by atoms with Crippen LogP contribution in [0.2, 0.25) is 5.02 Å². The molecule has 0 fully saturated rings. The molecule has 0 radical (unpaired) electrons. The molecule has 0 heterocycles. The summed E-state index contributed by atoms with van der Waals surface area (Å²) in [5.74, 6) is 0.531. The third-order valence-electron chi connectivity index (χ3n) is 2.56.